The van der Waals surface area contributed by atoms with E-state index in [1.165, 1.54) is 25.7 Å². The number of piperidine rings is 1. The van der Waals surface area contributed by atoms with Crippen LogP contribution < -0.4 is 0 Å². The predicted molar refractivity (Wildman–Crippen MR) is 76.6 cm³/mol. The Morgan fingerprint density at radius 1 is 1.22 bits per heavy atom. The second-order valence-corrected chi connectivity index (χ2v) is 5.68. The van der Waals surface area contributed by atoms with Gasteiger partial charge in [-0.25, -0.2) is 0 Å². The Morgan fingerprint density at radius 2 is 1.89 bits per heavy atom. The molecule has 1 aliphatic rings. The zero-order valence-corrected chi connectivity index (χ0v) is 12.5. The van der Waals surface area contributed by atoms with Crippen LogP contribution in [0.2, 0.25) is 0 Å². The van der Waals surface area contributed by atoms with Crippen molar-refractivity contribution in [2.75, 3.05) is 32.7 Å². The van der Waals surface area contributed by atoms with Crippen LogP contribution in [0, 0.1) is 5.92 Å². The van der Waals surface area contributed by atoms with E-state index in [0.717, 1.165) is 32.7 Å². The molecule has 1 rings (SSSR count). The maximum absolute atomic E-state index is 12.2. The lowest BCUT2D eigenvalue weighted by atomic mass is 10.00. The summed E-state index contributed by atoms with van der Waals surface area (Å²) in [6.07, 6.45) is 5.51. The molecule has 0 spiro atoms. The smallest absolute Gasteiger partial charge is 0.223 e. The molecule has 1 atom stereocenters. The number of hydrogen-bond donors (Lipinski definition) is 0. The molecule has 0 aromatic heterocycles. The van der Waals surface area contributed by atoms with E-state index < -0.39 is 0 Å². The minimum Gasteiger partial charge on any atom is -0.342 e. The van der Waals surface area contributed by atoms with Crippen LogP contribution in [-0.2, 0) is 4.79 Å². The zero-order valence-electron chi connectivity index (χ0n) is 12.5. The van der Waals surface area contributed by atoms with Crippen molar-refractivity contribution < 1.29 is 4.79 Å². The number of rotatable bonds is 7. The minimum absolute atomic E-state index is 0.360. The molecule has 1 unspecified atom stereocenters. The molecule has 1 saturated heterocycles. The van der Waals surface area contributed by atoms with Crippen LogP contribution >= 0.6 is 0 Å². The topological polar surface area (TPSA) is 23.6 Å². The molecule has 18 heavy (non-hydrogen) atoms. The van der Waals surface area contributed by atoms with Crippen LogP contribution in [-0.4, -0.2) is 48.4 Å². The van der Waals surface area contributed by atoms with E-state index in [2.05, 4.69) is 30.6 Å². The van der Waals surface area contributed by atoms with Gasteiger partial charge in [0.25, 0.3) is 0 Å². The van der Waals surface area contributed by atoms with Crippen LogP contribution in [0.5, 0.6) is 0 Å². The predicted octanol–water partition coefficient (Wildman–Crippen LogP) is 2.76. The Morgan fingerprint density at radius 3 is 2.44 bits per heavy atom. The fourth-order valence-corrected chi connectivity index (χ4v) is 2.80. The van der Waals surface area contributed by atoms with Crippen LogP contribution in [0.4, 0.5) is 0 Å². The van der Waals surface area contributed by atoms with Gasteiger partial charge in [0.1, 0.15) is 0 Å². The SMILES string of the molecule is CCCN(CCC)CCC(=O)N1CCCC(C)C1. The molecule has 1 heterocycles. The van der Waals surface area contributed by atoms with Crippen LogP contribution in [0.25, 0.3) is 0 Å². The molecule has 0 aliphatic carbocycles. The molecule has 0 aromatic carbocycles. The van der Waals surface area contributed by atoms with E-state index in [1.807, 2.05) is 0 Å². The first-order valence-corrected chi connectivity index (χ1v) is 7.67. The van der Waals surface area contributed by atoms with Crippen molar-refractivity contribution in [3.63, 3.8) is 0 Å². The summed E-state index contributed by atoms with van der Waals surface area (Å²) in [5.74, 6) is 1.05. The van der Waals surface area contributed by atoms with Gasteiger partial charge in [0.2, 0.25) is 5.91 Å². The van der Waals surface area contributed by atoms with Gasteiger partial charge >= 0.3 is 0 Å². The lowest BCUT2D eigenvalue weighted by Crippen LogP contribution is -2.40. The molecule has 106 valence electrons. The van der Waals surface area contributed by atoms with Crippen molar-refractivity contribution in [1.82, 2.24) is 9.80 Å². The highest BCUT2D eigenvalue weighted by Gasteiger charge is 2.20. The van der Waals surface area contributed by atoms with Crippen LogP contribution in [0.1, 0.15) is 52.9 Å². The molecule has 3 heteroatoms. The van der Waals surface area contributed by atoms with E-state index in [1.54, 1.807) is 0 Å². The van der Waals surface area contributed by atoms with E-state index in [0.29, 0.717) is 18.2 Å². The summed E-state index contributed by atoms with van der Waals surface area (Å²) in [5, 5.41) is 0. The number of carbonyl (C=O) groups excluding carboxylic acids is 1. The third-order valence-electron chi connectivity index (χ3n) is 3.73. The maximum Gasteiger partial charge on any atom is 0.223 e. The summed E-state index contributed by atoms with van der Waals surface area (Å²) in [7, 11) is 0. The monoisotopic (exact) mass is 254 g/mol. The summed E-state index contributed by atoms with van der Waals surface area (Å²) in [4.78, 5) is 16.7. The maximum atomic E-state index is 12.2. The summed E-state index contributed by atoms with van der Waals surface area (Å²) >= 11 is 0. The Hall–Kier alpha value is -0.570. The first-order chi connectivity index (χ1) is 8.67. The highest BCUT2D eigenvalue weighted by Crippen LogP contribution is 2.16. The largest absolute Gasteiger partial charge is 0.342 e. The second-order valence-electron chi connectivity index (χ2n) is 5.68. The third-order valence-corrected chi connectivity index (χ3v) is 3.73. The van der Waals surface area contributed by atoms with Gasteiger partial charge in [0.05, 0.1) is 0 Å². The number of nitrogens with zero attached hydrogens (tertiary/aromatic N) is 2. The molecule has 1 aliphatic heterocycles. The minimum atomic E-state index is 0.360. The average molecular weight is 254 g/mol. The van der Waals surface area contributed by atoms with E-state index >= 15 is 0 Å². The molecule has 3 nitrogen and oxygen atoms in total. The van der Waals surface area contributed by atoms with E-state index in [4.69, 9.17) is 0 Å². The third kappa shape index (κ3) is 5.38. The van der Waals surface area contributed by atoms with Crippen LogP contribution in [0.15, 0.2) is 0 Å². The lowest BCUT2D eigenvalue weighted by Gasteiger charge is -2.31. The molecule has 0 aromatic rings. The van der Waals surface area contributed by atoms with Gasteiger partial charge in [-0.1, -0.05) is 20.8 Å². The lowest BCUT2D eigenvalue weighted by molar-refractivity contribution is -0.133. The molecule has 0 saturated carbocycles. The highest BCUT2D eigenvalue weighted by molar-refractivity contribution is 5.76. The zero-order chi connectivity index (χ0) is 13.4. The van der Waals surface area contributed by atoms with Gasteiger partial charge in [0, 0.05) is 26.1 Å². The highest BCUT2D eigenvalue weighted by atomic mass is 16.2. The van der Waals surface area contributed by atoms with Crippen LogP contribution in [0.3, 0.4) is 0 Å². The first-order valence-electron chi connectivity index (χ1n) is 7.67. The average Bonchev–Trinajstić information content (AvgIpc) is 2.36. The van der Waals surface area contributed by atoms with Gasteiger partial charge < -0.3 is 9.80 Å². The van der Waals surface area contributed by atoms with Gasteiger partial charge in [0.15, 0.2) is 0 Å². The summed E-state index contributed by atoms with van der Waals surface area (Å²) < 4.78 is 0. The standard InChI is InChI=1S/C15H30N2O/c1-4-9-16(10-5-2)12-8-15(18)17-11-6-7-14(3)13-17/h14H,4-13H2,1-3H3. The van der Waals surface area contributed by atoms with Crippen molar-refractivity contribution >= 4 is 5.91 Å². The normalized spacial score (nSPS) is 20.4. The second kappa shape index (κ2) is 8.52. The van der Waals surface area contributed by atoms with Crippen molar-refractivity contribution in [3.05, 3.63) is 0 Å². The van der Waals surface area contributed by atoms with Crippen molar-refractivity contribution in [1.29, 1.82) is 0 Å². The van der Waals surface area contributed by atoms with Crippen molar-refractivity contribution in [2.45, 2.75) is 52.9 Å². The molecule has 1 fully saturated rings. The fourth-order valence-electron chi connectivity index (χ4n) is 2.80. The Bertz CT molecular complexity index is 237. The van der Waals surface area contributed by atoms with E-state index in [-0.39, 0.29) is 0 Å². The van der Waals surface area contributed by atoms with Gasteiger partial charge in [-0.05, 0) is 44.7 Å². The molecule has 1 amide bonds. The summed E-state index contributed by atoms with van der Waals surface area (Å²) in [5.41, 5.74) is 0. The molecular formula is C15H30N2O. The number of hydrogen-bond acceptors (Lipinski definition) is 2. The Balaban J connectivity index is 2.29. The van der Waals surface area contributed by atoms with Gasteiger partial charge in [-0.2, -0.15) is 0 Å². The van der Waals surface area contributed by atoms with Gasteiger partial charge in [-0.15, -0.1) is 0 Å². The fraction of sp³-hybridized carbons (Fsp3) is 0.933. The molecule has 0 bridgehead atoms. The number of likely N-dealkylation sites (tertiary alicyclic amines) is 1. The Labute approximate surface area is 113 Å². The van der Waals surface area contributed by atoms with Crippen molar-refractivity contribution in [2.24, 2.45) is 5.92 Å². The number of amides is 1. The molecule has 0 N–H and O–H groups in total. The molecular weight excluding hydrogens is 224 g/mol. The summed E-state index contributed by atoms with van der Waals surface area (Å²) in [6.45, 7) is 11.8. The number of carbonyl (C=O) groups is 1. The first kappa shape index (κ1) is 15.5. The summed E-state index contributed by atoms with van der Waals surface area (Å²) in [6, 6.07) is 0. The quantitative estimate of drug-likeness (QED) is 0.697. The van der Waals surface area contributed by atoms with Gasteiger partial charge in [-0.3, -0.25) is 4.79 Å². The van der Waals surface area contributed by atoms with E-state index in [9.17, 15) is 4.79 Å². The molecule has 0 radical (unpaired) electrons. The van der Waals surface area contributed by atoms with Crippen molar-refractivity contribution in [3.8, 4) is 0 Å². The Kier molecular flexibility index (Phi) is 7.33.